The molecule has 0 spiro atoms. The number of nitrogens with zero attached hydrogens (tertiary/aromatic N) is 1. The number of thiazole rings is 1. The summed E-state index contributed by atoms with van der Waals surface area (Å²) in [6, 6.07) is 3.09. The van der Waals surface area contributed by atoms with Gasteiger partial charge in [0.1, 0.15) is 5.01 Å². The van der Waals surface area contributed by atoms with Crippen LogP contribution in [0.15, 0.2) is 15.2 Å². The lowest BCUT2D eigenvalue weighted by Crippen LogP contribution is -2.27. The summed E-state index contributed by atoms with van der Waals surface area (Å²) in [5.41, 5.74) is 2.61. The molecule has 2 aromatic heterocycles. The molecule has 1 N–H and O–H groups in total. The molecule has 2 aromatic rings. The predicted molar refractivity (Wildman–Crippen MR) is 86.1 cm³/mol. The molecule has 0 aromatic carbocycles. The van der Waals surface area contributed by atoms with Crippen molar-refractivity contribution in [1.82, 2.24) is 10.3 Å². The Bertz CT molecular complexity index is 576. The summed E-state index contributed by atoms with van der Waals surface area (Å²) in [5.74, 6) is 0. The topological polar surface area (TPSA) is 24.9 Å². The molecule has 0 amide bonds. The summed E-state index contributed by atoms with van der Waals surface area (Å²) in [7, 11) is 0. The second-order valence-corrected chi connectivity index (χ2v) is 8.49. The van der Waals surface area contributed by atoms with Crippen molar-refractivity contribution in [3.05, 3.63) is 36.4 Å². The van der Waals surface area contributed by atoms with E-state index >= 15 is 0 Å². The van der Waals surface area contributed by atoms with Gasteiger partial charge in [-0.15, -0.1) is 22.7 Å². The van der Waals surface area contributed by atoms with Crippen LogP contribution in [0.1, 0.15) is 53.0 Å². The van der Waals surface area contributed by atoms with Crippen LogP contribution in [-0.2, 0) is 6.42 Å². The lowest BCUT2D eigenvalue weighted by molar-refractivity contribution is 0.417. The molecular formula is C14H17BrN2S2. The second-order valence-electron chi connectivity index (χ2n) is 5.09. The summed E-state index contributed by atoms with van der Waals surface area (Å²) < 4.78 is 1.25. The molecule has 0 radical (unpaired) electrons. The molecule has 1 aliphatic rings. The van der Waals surface area contributed by atoms with E-state index in [9.17, 15) is 0 Å². The molecule has 2 nitrogen and oxygen atoms in total. The van der Waals surface area contributed by atoms with Gasteiger partial charge in [-0.3, -0.25) is 0 Å². The fourth-order valence-corrected chi connectivity index (χ4v) is 5.27. The zero-order chi connectivity index (χ0) is 13.4. The van der Waals surface area contributed by atoms with Crippen LogP contribution in [0.5, 0.6) is 0 Å². The first-order valence-corrected chi connectivity index (χ1v) is 9.08. The maximum absolute atomic E-state index is 4.59. The highest BCUT2D eigenvalue weighted by atomic mass is 79.9. The van der Waals surface area contributed by atoms with Gasteiger partial charge in [0.2, 0.25) is 0 Å². The molecule has 1 aliphatic carbocycles. The van der Waals surface area contributed by atoms with Crippen LogP contribution < -0.4 is 5.32 Å². The van der Waals surface area contributed by atoms with E-state index in [-0.39, 0.29) is 0 Å². The van der Waals surface area contributed by atoms with Crippen LogP contribution >= 0.6 is 38.6 Å². The second kappa shape index (κ2) is 5.64. The molecule has 0 fully saturated rings. The largest absolute Gasteiger partial charge is 0.301 e. The zero-order valence-electron chi connectivity index (χ0n) is 11.1. The van der Waals surface area contributed by atoms with Crippen molar-refractivity contribution in [1.29, 1.82) is 0 Å². The molecule has 0 saturated heterocycles. The van der Waals surface area contributed by atoms with E-state index in [1.165, 1.54) is 38.5 Å². The summed E-state index contributed by atoms with van der Waals surface area (Å²) in [6.07, 6.45) is 3.74. The fourth-order valence-electron chi connectivity index (χ4n) is 2.64. The molecule has 102 valence electrons. The third kappa shape index (κ3) is 2.94. The van der Waals surface area contributed by atoms with Gasteiger partial charge < -0.3 is 5.32 Å². The van der Waals surface area contributed by atoms with E-state index in [1.807, 2.05) is 11.3 Å². The SMILES string of the molecule is Cc1csc(C(C)NC2CCCc3sc(Br)cc32)n1. The molecule has 0 bridgehead atoms. The fraction of sp³-hybridized carbons (Fsp3) is 0.500. The summed E-state index contributed by atoms with van der Waals surface area (Å²) in [6.45, 7) is 4.27. The Morgan fingerprint density at radius 3 is 3.11 bits per heavy atom. The number of halogens is 1. The van der Waals surface area contributed by atoms with Crippen molar-refractivity contribution >= 4 is 38.6 Å². The van der Waals surface area contributed by atoms with Gasteiger partial charge >= 0.3 is 0 Å². The molecule has 2 unspecified atom stereocenters. The smallest absolute Gasteiger partial charge is 0.110 e. The minimum Gasteiger partial charge on any atom is -0.301 e. The van der Waals surface area contributed by atoms with Crippen LogP contribution in [0.3, 0.4) is 0 Å². The minimum absolute atomic E-state index is 0.327. The van der Waals surface area contributed by atoms with E-state index in [1.54, 1.807) is 11.3 Å². The molecule has 2 atom stereocenters. The number of thiophene rings is 1. The molecule has 3 rings (SSSR count). The van der Waals surface area contributed by atoms with Gasteiger partial charge in [0.25, 0.3) is 0 Å². The summed E-state index contributed by atoms with van der Waals surface area (Å²) >= 11 is 7.25. The van der Waals surface area contributed by atoms with Crippen molar-refractivity contribution in [2.75, 3.05) is 0 Å². The first-order chi connectivity index (χ1) is 9.13. The third-order valence-electron chi connectivity index (χ3n) is 3.54. The molecular weight excluding hydrogens is 340 g/mol. The van der Waals surface area contributed by atoms with Crippen molar-refractivity contribution in [2.45, 2.75) is 45.2 Å². The summed E-state index contributed by atoms with van der Waals surface area (Å²) in [5, 5.41) is 7.07. The monoisotopic (exact) mass is 356 g/mol. The highest BCUT2D eigenvalue weighted by Gasteiger charge is 2.24. The maximum atomic E-state index is 4.59. The van der Waals surface area contributed by atoms with Crippen molar-refractivity contribution in [3.63, 3.8) is 0 Å². The molecule has 0 aliphatic heterocycles. The normalized spacial score (nSPS) is 20.3. The molecule has 2 heterocycles. The van der Waals surface area contributed by atoms with Gasteiger partial charge in [0.15, 0.2) is 0 Å². The van der Waals surface area contributed by atoms with Crippen LogP contribution in [0.4, 0.5) is 0 Å². The van der Waals surface area contributed by atoms with E-state index in [0.29, 0.717) is 12.1 Å². The highest BCUT2D eigenvalue weighted by Crippen LogP contribution is 2.39. The summed E-state index contributed by atoms with van der Waals surface area (Å²) in [4.78, 5) is 6.13. The molecule has 0 saturated carbocycles. The minimum atomic E-state index is 0.327. The van der Waals surface area contributed by atoms with Gasteiger partial charge in [-0.2, -0.15) is 0 Å². The Kier molecular flexibility index (Phi) is 4.08. The standard InChI is InChI=1S/C14H17BrN2S2/c1-8-7-18-14(16-8)9(2)17-11-4-3-5-12-10(11)6-13(15)19-12/h6-7,9,11,17H,3-5H2,1-2H3. The Morgan fingerprint density at radius 2 is 2.37 bits per heavy atom. The lowest BCUT2D eigenvalue weighted by Gasteiger charge is -2.26. The van der Waals surface area contributed by atoms with Crippen molar-refractivity contribution < 1.29 is 0 Å². The number of hydrogen-bond donors (Lipinski definition) is 1. The Morgan fingerprint density at radius 1 is 1.53 bits per heavy atom. The van der Waals surface area contributed by atoms with Crippen LogP contribution in [0.25, 0.3) is 0 Å². The van der Waals surface area contributed by atoms with Crippen molar-refractivity contribution in [3.8, 4) is 0 Å². The first kappa shape index (κ1) is 13.7. The van der Waals surface area contributed by atoms with E-state index < -0.39 is 0 Å². The maximum Gasteiger partial charge on any atom is 0.110 e. The Balaban J connectivity index is 1.77. The Hall–Kier alpha value is -0.230. The number of nitrogens with one attached hydrogen (secondary N) is 1. The van der Waals surface area contributed by atoms with Crippen LogP contribution in [-0.4, -0.2) is 4.98 Å². The predicted octanol–water partition coefficient (Wildman–Crippen LogP) is 5.00. The van der Waals surface area contributed by atoms with Gasteiger partial charge in [0.05, 0.1) is 9.83 Å². The number of rotatable bonds is 3. The van der Waals surface area contributed by atoms with Gasteiger partial charge in [0, 0.05) is 22.0 Å². The molecule has 19 heavy (non-hydrogen) atoms. The van der Waals surface area contributed by atoms with Gasteiger partial charge in [-0.05, 0) is 60.7 Å². The number of hydrogen-bond acceptors (Lipinski definition) is 4. The van der Waals surface area contributed by atoms with E-state index in [2.05, 4.69) is 51.5 Å². The van der Waals surface area contributed by atoms with Crippen LogP contribution in [0, 0.1) is 6.92 Å². The number of aromatic nitrogens is 1. The third-order valence-corrected chi connectivity index (χ3v) is 6.40. The van der Waals surface area contributed by atoms with Gasteiger partial charge in [-0.1, -0.05) is 0 Å². The lowest BCUT2D eigenvalue weighted by atomic mass is 9.93. The van der Waals surface area contributed by atoms with Gasteiger partial charge in [-0.25, -0.2) is 4.98 Å². The average molecular weight is 357 g/mol. The van der Waals surface area contributed by atoms with Crippen LogP contribution in [0.2, 0.25) is 0 Å². The average Bonchev–Trinajstić information content (AvgIpc) is 2.95. The van der Waals surface area contributed by atoms with Crippen molar-refractivity contribution in [2.24, 2.45) is 0 Å². The molecule has 5 heteroatoms. The number of aryl methyl sites for hydroxylation is 2. The highest BCUT2D eigenvalue weighted by molar-refractivity contribution is 9.11. The van der Waals surface area contributed by atoms with E-state index in [0.717, 1.165) is 5.69 Å². The van der Waals surface area contributed by atoms with E-state index in [4.69, 9.17) is 0 Å². The zero-order valence-corrected chi connectivity index (χ0v) is 14.3. The first-order valence-electron chi connectivity index (χ1n) is 6.59. The quantitative estimate of drug-likeness (QED) is 0.836. The Labute approximate surface area is 130 Å². The number of fused-ring (bicyclic) bond motifs is 1.